The molecule has 1 saturated carbocycles. The molecule has 0 unspecified atom stereocenters. The number of rotatable bonds is 2. The lowest BCUT2D eigenvalue weighted by molar-refractivity contribution is 0.0690. The van der Waals surface area contributed by atoms with E-state index in [1.165, 1.54) is 38.5 Å². The van der Waals surface area contributed by atoms with E-state index in [1.807, 2.05) is 6.07 Å². The summed E-state index contributed by atoms with van der Waals surface area (Å²) in [5.74, 6) is -0.129. The summed E-state index contributed by atoms with van der Waals surface area (Å²) in [6.45, 7) is 2.05. The van der Waals surface area contributed by atoms with Crippen molar-refractivity contribution < 1.29 is 9.90 Å². The number of anilines is 1. The van der Waals surface area contributed by atoms with E-state index in [0.717, 1.165) is 18.9 Å². The van der Waals surface area contributed by atoms with Crippen LogP contribution in [0.5, 0.6) is 0 Å². The number of aromatic carboxylic acids is 1. The van der Waals surface area contributed by atoms with Gasteiger partial charge in [0.1, 0.15) is 5.82 Å². The second kappa shape index (κ2) is 4.83. The topological polar surface area (TPSA) is 53.4 Å². The Balaban J connectivity index is 1.77. The van der Waals surface area contributed by atoms with Gasteiger partial charge in [0.05, 0.1) is 0 Å². The molecule has 4 heteroatoms. The first-order valence-electron chi connectivity index (χ1n) is 7.14. The van der Waals surface area contributed by atoms with Crippen LogP contribution in [-0.4, -0.2) is 29.1 Å². The van der Waals surface area contributed by atoms with Gasteiger partial charge in [-0.2, -0.15) is 0 Å². The Kier molecular flexibility index (Phi) is 3.17. The molecule has 3 rings (SSSR count). The SMILES string of the molecule is O=C(O)c1cccc(N2CCC3(CCCCC3)C2)n1. The normalized spacial score (nSPS) is 21.8. The van der Waals surface area contributed by atoms with Gasteiger partial charge in [-0.25, -0.2) is 9.78 Å². The van der Waals surface area contributed by atoms with Gasteiger partial charge < -0.3 is 10.0 Å². The van der Waals surface area contributed by atoms with Crippen molar-refractivity contribution in [3.8, 4) is 0 Å². The molecule has 1 saturated heterocycles. The third-order valence-electron chi connectivity index (χ3n) is 4.63. The Bertz CT molecular complexity index is 481. The fourth-order valence-electron chi connectivity index (χ4n) is 3.56. The lowest BCUT2D eigenvalue weighted by atomic mass is 9.73. The van der Waals surface area contributed by atoms with E-state index in [1.54, 1.807) is 12.1 Å². The van der Waals surface area contributed by atoms with Crippen molar-refractivity contribution in [2.75, 3.05) is 18.0 Å². The Labute approximate surface area is 113 Å². The van der Waals surface area contributed by atoms with Crippen LogP contribution in [0.1, 0.15) is 49.0 Å². The summed E-state index contributed by atoms with van der Waals surface area (Å²) >= 11 is 0. The summed E-state index contributed by atoms with van der Waals surface area (Å²) < 4.78 is 0. The monoisotopic (exact) mass is 260 g/mol. The number of hydrogen-bond donors (Lipinski definition) is 1. The maximum Gasteiger partial charge on any atom is 0.354 e. The molecule has 0 aromatic carbocycles. The van der Waals surface area contributed by atoms with Crippen molar-refractivity contribution in [1.82, 2.24) is 4.98 Å². The van der Waals surface area contributed by atoms with Crippen LogP contribution in [0.4, 0.5) is 5.82 Å². The third kappa shape index (κ3) is 2.44. The van der Waals surface area contributed by atoms with Crippen LogP contribution in [0.2, 0.25) is 0 Å². The van der Waals surface area contributed by atoms with Crippen molar-refractivity contribution in [2.24, 2.45) is 5.41 Å². The van der Waals surface area contributed by atoms with Gasteiger partial charge in [-0.1, -0.05) is 25.3 Å². The summed E-state index contributed by atoms with van der Waals surface area (Å²) in [7, 11) is 0. The number of pyridine rings is 1. The first-order valence-corrected chi connectivity index (χ1v) is 7.14. The zero-order chi connectivity index (χ0) is 13.3. The van der Waals surface area contributed by atoms with E-state index in [2.05, 4.69) is 9.88 Å². The van der Waals surface area contributed by atoms with Crippen LogP contribution in [0.25, 0.3) is 0 Å². The number of hydrogen-bond acceptors (Lipinski definition) is 3. The molecule has 0 bridgehead atoms. The number of carboxylic acids is 1. The molecule has 2 heterocycles. The first-order chi connectivity index (χ1) is 9.19. The molecule has 1 N–H and O–H groups in total. The first kappa shape index (κ1) is 12.5. The number of aromatic nitrogens is 1. The van der Waals surface area contributed by atoms with E-state index in [0.29, 0.717) is 5.41 Å². The highest BCUT2D eigenvalue weighted by atomic mass is 16.4. The average molecular weight is 260 g/mol. The summed E-state index contributed by atoms with van der Waals surface area (Å²) in [5.41, 5.74) is 0.612. The maximum atomic E-state index is 11.0. The van der Waals surface area contributed by atoms with Crippen molar-refractivity contribution in [2.45, 2.75) is 38.5 Å². The molecule has 1 aliphatic carbocycles. The molecule has 4 nitrogen and oxygen atoms in total. The molecule has 1 aromatic heterocycles. The van der Waals surface area contributed by atoms with Crippen LogP contribution in [0.3, 0.4) is 0 Å². The highest BCUT2D eigenvalue weighted by Gasteiger charge is 2.39. The lowest BCUT2D eigenvalue weighted by Crippen LogP contribution is -2.29. The van der Waals surface area contributed by atoms with Crippen molar-refractivity contribution in [3.05, 3.63) is 23.9 Å². The minimum Gasteiger partial charge on any atom is -0.477 e. The molecule has 0 amide bonds. The van der Waals surface area contributed by atoms with E-state index >= 15 is 0 Å². The zero-order valence-corrected chi connectivity index (χ0v) is 11.1. The van der Waals surface area contributed by atoms with E-state index in [9.17, 15) is 4.79 Å². The highest BCUT2D eigenvalue weighted by Crippen LogP contribution is 2.44. The van der Waals surface area contributed by atoms with Crippen LogP contribution < -0.4 is 4.90 Å². The molecule has 2 fully saturated rings. The summed E-state index contributed by atoms with van der Waals surface area (Å²) in [5, 5.41) is 9.01. The van der Waals surface area contributed by atoms with E-state index in [4.69, 9.17) is 5.11 Å². The Morgan fingerprint density at radius 2 is 2.00 bits per heavy atom. The second-order valence-electron chi connectivity index (χ2n) is 5.92. The summed E-state index contributed by atoms with van der Waals surface area (Å²) in [6, 6.07) is 5.27. The predicted octanol–water partition coefficient (Wildman–Crippen LogP) is 2.94. The molecule has 2 aliphatic rings. The number of nitrogens with zero attached hydrogens (tertiary/aromatic N) is 2. The Morgan fingerprint density at radius 1 is 1.21 bits per heavy atom. The minimum absolute atomic E-state index is 0.141. The smallest absolute Gasteiger partial charge is 0.354 e. The van der Waals surface area contributed by atoms with Crippen molar-refractivity contribution >= 4 is 11.8 Å². The fraction of sp³-hybridized carbons (Fsp3) is 0.600. The second-order valence-corrected chi connectivity index (χ2v) is 5.92. The van der Waals surface area contributed by atoms with Gasteiger partial charge in [0.15, 0.2) is 5.69 Å². The molecule has 102 valence electrons. The Morgan fingerprint density at radius 3 is 2.74 bits per heavy atom. The standard InChI is InChI=1S/C15H20N2O2/c18-14(19)12-5-4-6-13(16-12)17-10-9-15(11-17)7-2-1-3-8-15/h4-6H,1-3,7-11H2,(H,18,19). The lowest BCUT2D eigenvalue weighted by Gasteiger charge is -2.33. The molecule has 1 aliphatic heterocycles. The van der Waals surface area contributed by atoms with Gasteiger partial charge in [0.2, 0.25) is 0 Å². The van der Waals surface area contributed by atoms with E-state index < -0.39 is 5.97 Å². The Hall–Kier alpha value is -1.58. The minimum atomic E-state index is -0.951. The van der Waals surface area contributed by atoms with Gasteiger partial charge in [-0.3, -0.25) is 0 Å². The van der Waals surface area contributed by atoms with Crippen LogP contribution in [0, 0.1) is 5.41 Å². The largest absolute Gasteiger partial charge is 0.477 e. The summed E-state index contributed by atoms with van der Waals surface area (Å²) in [6.07, 6.45) is 7.93. The average Bonchev–Trinajstić information content (AvgIpc) is 2.83. The summed E-state index contributed by atoms with van der Waals surface area (Å²) in [4.78, 5) is 17.5. The zero-order valence-electron chi connectivity index (χ0n) is 11.1. The van der Waals surface area contributed by atoms with Gasteiger partial charge >= 0.3 is 5.97 Å². The molecule has 0 radical (unpaired) electrons. The predicted molar refractivity (Wildman–Crippen MR) is 73.5 cm³/mol. The van der Waals surface area contributed by atoms with Crippen LogP contribution >= 0.6 is 0 Å². The number of carboxylic acid groups (broad SMARTS) is 1. The van der Waals surface area contributed by atoms with Crippen molar-refractivity contribution in [1.29, 1.82) is 0 Å². The quantitative estimate of drug-likeness (QED) is 0.888. The molecular formula is C15H20N2O2. The van der Waals surface area contributed by atoms with Crippen molar-refractivity contribution in [3.63, 3.8) is 0 Å². The van der Waals surface area contributed by atoms with Gasteiger partial charge in [-0.05, 0) is 36.8 Å². The van der Waals surface area contributed by atoms with E-state index in [-0.39, 0.29) is 5.69 Å². The third-order valence-corrected chi connectivity index (χ3v) is 4.63. The fourth-order valence-corrected chi connectivity index (χ4v) is 3.56. The number of carbonyl (C=O) groups is 1. The molecule has 0 atom stereocenters. The van der Waals surface area contributed by atoms with Crippen LogP contribution in [-0.2, 0) is 0 Å². The molecule has 1 aromatic rings. The maximum absolute atomic E-state index is 11.0. The van der Waals surface area contributed by atoms with Gasteiger partial charge in [0, 0.05) is 13.1 Å². The van der Waals surface area contributed by atoms with Gasteiger partial charge in [-0.15, -0.1) is 0 Å². The van der Waals surface area contributed by atoms with Crippen LogP contribution in [0.15, 0.2) is 18.2 Å². The molecular weight excluding hydrogens is 240 g/mol. The van der Waals surface area contributed by atoms with Gasteiger partial charge in [0.25, 0.3) is 0 Å². The molecule has 19 heavy (non-hydrogen) atoms. The molecule has 1 spiro atoms. The highest BCUT2D eigenvalue weighted by molar-refractivity contribution is 5.85.